The van der Waals surface area contributed by atoms with Gasteiger partial charge in [0.05, 0.1) is 19.9 Å². The lowest BCUT2D eigenvalue weighted by molar-refractivity contribution is 0.102. The van der Waals surface area contributed by atoms with Crippen LogP contribution >= 0.6 is 0 Å². The lowest BCUT2D eigenvalue weighted by Gasteiger charge is -2.12. The number of nitrogens with zero attached hydrogens (tertiary/aromatic N) is 2. The number of benzene rings is 3. The molecule has 1 heterocycles. The predicted octanol–water partition coefficient (Wildman–Crippen LogP) is 5.47. The zero-order valence-corrected chi connectivity index (χ0v) is 18.6. The lowest BCUT2D eigenvalue weighted by Crippen LogP contribution is -2.13. The molecule has 4 rings (SSSR count). The maximum Gasteiger partial charge on any atom is 0.255 e. The van der Waals surface area contributed by atoms with E-state index in [-0.39, 0.29) is 5.91 Å². The van der Waals surface area contributed by atoms with Crippen molar-refractivity contribution < 1.29 is 14.3 Å². The number of carbonyl (C=O) groups is 1. The standard InChI is InChI=1S/C26H24N4O3/c1-17-7-9-18(10-8-17)20-15-27-26(28-16-20)29-21-6-4-5-19(13-21)25(31)30-23-12-11-22(32-2)14-24(23)33-3/h4-16H,1-3H3,(H,30,31)(H,27,28,29). The first-order chi connectivity index (χ1) is 16.1. The maximum absolute atomic E-state index is 12.8. The fraction of sp³-hybridized carbons (Fsp3) is 0.115. The summed E-state index contributed by atoms with van der Waals surface area (Å²) in [7, 11) is 3.12. The van der Waals surface area contributed by atoms with Gasteiger partial charge in [-0.25, -0.2) is 9.97 Å². The second kappa shape index (κ2) is 9.82. The highest BCUT2D eigenvalue weighted by molar-refractivity contribution is 6.05. The summed E-state index contributed by atoms with van der Waals surface area (Å²) in [6, 6.07) is 20.5. The molecular weight excluding hydrogens is 416 g/mol. The topological polar surface area (TPSA) is 85.4 Å². The number of hydrogen-bond donors (Lipinski definition) is 2. The number of anilines is 3. The molecule has 0 aliphatic carbocycles. The Labute approximate surface area is 192 Å². The van der Waals surface area contributed by atoms with Crippen molar-refractivity contribution in [3.05, 3.63) is 90.3 Å². The fourth-order valence-electron chi connectivity index (χ4n) is 3.25. The van der Waals surface area contributed by atoms with Crippen LogP contribution in [0.2, 0.25) is 0 Å². The molecule has 0 aliphatic rings. The zero-order chi connectivity index (χ0) is 23.2. The van der Waals surface area contributed by atoms with Crippen LogP contribution < -0.4 is 20.1 Å². The Morgan fingerprint density at radius 3 is 2.30 bits per heavy atom. The number of aryl methyl sites for hydroxylation is 1. The Morgan fingerprint density at radius 2 is 1.61 bits per heavy atom. The van der Waals surface area contributed by atoms with E-state index < -0.39 is 0 Å². The van der Waals surface area contributed by atoms with Crippen LogP contribution in [0.1, 0.15) is 15.9 Å². The molecule has 0 bridgehead atoms. The molecule has 0 aliphatic heterocycles. The molecule has 0 saturated carbocycles. The summed E-state index contributed by atoms with van der Waals surface area (Å²) in [4.78, 5) is 21.6. The molecule has 166 valence electrons. The van der Waals surface area contributed by atoms with Crippen molar-refractivity contribution in [3.8, 4) is 22.6 Å². The van der Waals surface area contributed by atoms with Crippen LogP contribution in [0, 0.1) is 6.92 Å². The molecule has 1 amide bonds. The predicted molar refractivity (Wildman–Crippen MR) is 129 cm³/mol. The van der Waals surface area contributed by atoms with E-state index in [2.05, 4.69) is 39.7 Å². The van der Waals surface area contributed by atoms with Gasteiger partial charge in [-0.2, -0.15) is 0 Å². The SMILES string of the molecule is COc1ccc(NC(=O)c2cccc(Nc3ncc(-c4ccc(C)cc4)cn3)c2)c(OC)c1. The van der Waals surface area contributed by atoms with Crippen molar-refractivity contribution in [1.29, 1.82) is 0 Å². The van der Waals surface area contributed by atoms with E-state index in [0.29, 0.717) is 34.4 Å². The van der Waals surface area contributed by atoms with E-state index in [9.17, 15) is 4.79 Å². The smallest absolute Gasteiger partial charge is 0.255 e. The summed E-state index contributed by atoms with van der Waals surface area (Å²) in [5.41, 5.74) is 4.92. The average Bonchev–Trinajstić information content (AvgIpc) is 2.85. The second-order valence-electron chi connectivity index (χ2n) is 7.39. The second-order valence-corrected chi connectivity index (χ2v) is 7.39. The number of hydrogen-bond acceptors (Lipinski definition) is 6. The van der Waals surface area contributed by atoms with Crippen molar-refractivity contribution in [3.63, 3.8) is 0 Å². The van der Waals surface area contributed by atoms with Gasteiger partial charge in [0, 0.05) is 35.3 Å². The summed E-state index contributed by atoms with van der Waals surface area (Å²) >= 11 is 0. The number of ether oxygens (including phenoxy) is 2. The molecule has 0 atom stereocenters. The van der Waals surface area contributed by atoms with Gasteiger partial charge in [-0.15, -0.1) is 0 Å². The van der Waals surface area contributed by atoms with E-state index in [1.54, 1.807) is 63.0 Å². The number of amides is 1. The van der Waals surface area contributed by atoms with Gasteiger partial charge < -0.3 is 20.1 Å². The van der Waals surface area contributed by atoms with Crippen molar-refractivity contribution in [2.75, 3.05) is 24.9 Å². The van der Waals surface area contributed by atoms with Gasteiger partial charge in [0.25, 0.3) is 5.91 Å². The Morgan fingerprint density at radius 1 is 0.848 bits per heavy atom. The van der Waals surface area contributed by atoms with E-state index >= 15 is 0 Å². The number of carbonyl (C=O) groups excluding carboxylic acids is 1. The first-order valence-electron chi connectivity index (χ1n) is 10.4. The molecule has 33 heavy (non-hydrogen) atoms. The van der Waals surface area contributed by atoms with Crippen LogP contribution in [0.15, 0.2) is 79.1 Å². The van der Waals surface area contributed by atoms with E-state index in [1.165, 1.54) is 5.56 Å². The molecule has 0 unspecified atom stereocenters. The van der Waals surface area contributed by atoms with Gasteiger partial charge in [-0.1, -0.05) is 35.9 Å². The van der Waals surface area contributed by atoms with Crippen LogP contribution in [0.5, 0.6) is 11.5 Å². The van der Waals surface area contributed by atoms with E-state index in [0.717, 1.165) is 11.1 Å². The molecule has 7 nitrogen and oxygen atoms in total. The Balaban J connectivity index is 1.46. The highest BCUT2D eigenvalue weighted by Crippen LogP contribution is 2.29. The molecule has 0 fully saturated rings. The fourth-order valence-corrected chi connectivity index (χ4v) is 3.25. The van der Waals surface area contributed by atoms with Crippen LogP contribution in [0.4, 0.5) is 17.3 Å². The van der Waals surface area contributed by atoms with Crippen LogP contribution in [-0.2, 0) is 0 Å². The van der Waals surface area contributed by atoms with Crippen LogP contribution in [0.3, 0.4) is 0 Å². The number of methoxy groups -OCH3 is 2. The third-order valence-corrected chi connectivity index (χ3v) is 5.07. The Hall–Kier alpha value is -4.39. The minimum atomic E-state index is -0.266. The van der Waals surface area contributed by atoms with Crippen LogP contribution in [-0.4, -0.2) is 30.1 Å². The number of rotatable bonds is 7. The minimum absolute atomic E-state index is 0.266. The van der Waals surface area contributed by atoms with Crippen molar-refractivity contribution in [1.82, 2.24) is 9.97 Å². The summed E-state index contributed by atoms with van der Waals surface area (Å²) in [5, 5.41) is 6.02. The maximum atomic E-state index is 12.8. The summed E-state index contributed by atoms with van der Waals surface area (Å²) in [6.07, 6.45) is 3.54. The van der Waals surface area contributed by atoms with Gasteiger partial charge in [-0.05, 0) is 42.8 Å². The van der Waals surface area contributed by atoms with Gasteiger partial charge in [0.1, 0.15) is 11.5 Å². The van der Waals surface area contributed by atoms with E-state index in [1.807, 2.05) is 18.2 Å². The monoisotopic (exact) mass is 440 g/mol. The molecule has 2 N–H and O–H groups in total. The van der Waals surface area contributed by atoms with Crippen LogP contribution in [0.25, 0.3) is 11.1 Å². The average molecular weight is 441 g/mol. The summed E-state index contributed by atoms with van der Waals surface area (Å²) in [6.45, 7) is 2.05. The third-order valence-electron chi connectivity index (χ3n) is 5.07. The highest BCUT2D eigenvalue weighted by Gasteiger charge is 2.12. The highest BCUT2D eigenvalue weighted by atomic mass is 16.5. The molecular formula is C26H24N4O3. The van der Waals surface area contributed by atoms with Gasteiger partial charge in [-0.3, -0.25) is 4.79 Å². The normalized spacial score (nSPS) is 10.4. The molecule has 0 spiro atoms. The largest absolute Gasteiger partial charge is 0.497 e. The van der Waals surface area contributed by atoms with E-state index in [4.69, 9.17) is 9.47 Å². The molecule has 3 aromatic carbocycles. The number of aromatic nitrogens is 2. The first-order valence-corrected chi connectivity index (χ1v) is 10.4. The lowest BCUT2D eigenvalue weighted by atomic mass is 10.1. The molecule has 0 radical (unpaired) electrons. The molecule has 0 saturated heterocycles. The quantitative estimate of drug-likeness (QED) is 0.397. The van der Waals surface area contributed by atoms with Crippen molar-refractivity contribution in [2.45, 2.75) is 6.92 Å². The molecule has 7 heteroatoms. The van der Waals surface area contributed by atoms with Gasteiger partial charge in [0.15, 0.2) is 0 Å². The van der Waals surface area contributed by atoms with Crippen molar-refractivity contribution >= 4 is 23.2 Å². The zero-order valence-electron chi connectivity index (χ0n) is 18.6. The molecule has 4 aromatic rings. The first kappa shape index (κ1) is 21.8. The number of nitrogens with one attached hydrogen (secondary N) is 2. The molecule has 1 aromatic heterocycles. The summed E-state index contributed by atoms with van der Waals surface area (Å²) < 4.78 is 10.5. The van der Waals surface area contributed by atoms with Crippen molar-refractivity contribution in [2.24, 2.45) is 0 Å². The van der Waals surface area contributed by atoms with Gasteiger partial charge >= 0.3 is 0 Å². The summed E-state index contributed by atoms with van der Waals surface area (Å²) in [5.74, 6) is 1.33. The Kier molecular flexibility index (Phi) is 6.50. The minimum Gasteiger partial charge on any atom is -0.497 e. The Bertz CT molecular complexity index is 1260. The van der Waals surface area contributed by atoms with Gasteiger partial charge in [0.2, 0.25) is 5.95 Å². The third kappa shape index (κ3) is 5.27.